The molecule has 0 saturated carbocycles. The minimum Gasteiger partial charge on any atom is -0.485 e. The lowest BCUT2D eigenvalue weighted by Crippen LogP contribution is -2.19. The number of nitrogens with one attached hydrogen (secondary N) is 1. The zero-order valence-electron chi connectivity index (χ0n) is 20.7. The van der Waals surface area contributed by atoms with Crippen molar-refractivity contribution in [3.63, 3.8) is 0 Å². The Hall–Kier alpha value is -2.56. The van der Waals surface area contributed by atoms with E-state index < -0.39 is 0 Å². The molecule has 2 aromatic heterocycles. The van der Waals surface area contributed by atoms with Crippen LogP contribution in [0.25, 0.3) is 0 Å². The fraction of sp³-hybridized carbons (Fsp3) is 0.440. The third-order valence-electron chi connectivity index (χ3n) is 5.72. The Balaban J connectivity index is 1.38. The van der Waals surface area contributed by atoms with E-state index in [-0.39, 0.29) is 30.3 Å². The fourth-order valence-corrected chi connectivity index (χ4v) is 6.20. The summed E-state index contributed by atoms with van der Waals surface area (Å²) in [6, 6.07) is 5.44. The number of thioether (sulfide) groups is 1. The van der Waals surface area contributed by atoms with Gasteiger partial charge in [0.15, 0.2) is 11.0 Å². The molecule has 0 bridgehead atoms. The van der Waals surface area contributed by atoms with E-state index in [1.807, 2.05) is 40.0 Å². The van der Waals surface area contributed by atoms with Crippen molar-refractivity contribution in [1.29, 1.82) is 0 Å². The lowest BCUT2D eigenvalue weighted by atomic mass is 9.95. The van der Waals surface area contributed by atoms with E-state index in [4.69, 9.17) is 21.1 Å². The first-order chi connectivity index (χ1) is 17.2. The number of amides is 1. The van der Waals surface area contributed by atoms with E-state index in [0.29, 0.717) is 26.6 Å². The normalized spacial score (nSPS) is 12.9. The quantitative estimate of drug-likeness (QED) is 0.275. The highest BCUT2D eigenvalue weighted by Gasteiger charge is 2.28. The van der Waals surface area contributed by atoms with Gasteiger partial charge in [-0.3, -0.25) is 4.79 Å². The molecule has 192 valence electrons. The average molecular weight is 549 g/mol. The van der Waals surface area contributed by atoms with Crippen LogP contribution in [-0.2, 0) is 36.0 Å². The van der Waals surface area contributed by atoms with Gasteiger partial charge in [0.25, 0.3) is 0 Å². The molecule has 1 amide bonds. The van der Waals surface area contributed by atoms with Crippen LogP contribution in [0.2, 0.25) is 5.02 Å². The number of aryl methyl sites for hydroxylation is 2. The van der Waals surface area contributed by atoms with Crippen LogP contribution in [0.3, 0.4) is 0 Å². The molecule has 0 atom stereocenters. The molecule has 0 spiro atoms. The highest BCUT2D eigenvalue weighted by Crippen LogP contribution is 2.39. The largest absolute Gasteiger partial charge is 0.485 e. The summed E-state index contributed by atoms with van der Waals surface area (Å²) < 4.78 is 13.1. The molecule has 11 heteroatoms. The van der Waals surface area contributed by atoms with Gasteiger partial charge in [-0.25, -0.2) is 4.79 Å². The Kier molecular flexibility index (Phi) is 8.58. The van der Waals surface area contributed by atoms with Crippen LogP contribution >= 0.6 is 34.7 Å². The third-order valence-corrected chi connectivity index (χ3v) is 8.18. The number of thiophene rings is 1. The highest BCUT2D eigenvalue weighted by atomic mass is 35.5. The number of carbonyl (C=O) groups is 2. The molecule has 0 aliphatic heterocycles. The zero-order chi connectivity index (χ0) is 25.8. The van der Waals surface area contributed by atoms with Crippen molar-refractivity contribution in [1.82, 2.24) is 14.8 Å². The SMILES string of the molecule is Cc1cc(Cl)ccc1OCc1nnc(SCC(=O)Nc2sc3c(c2C(=O)OC(C)C)CCCC3)n1C. The lowest BCUT2D eigenvalue weighted by molar-refractivity contribution is -0.113. The van der Waals surface area contributed by atoms with Gasteiger partial charge in [-0.1, -0.05) is 23.4 Å². The van der Waals surface area contributed by atoms with Crippen molar-refractivity contribution >= 4 is 51.6 Å². The van der Waals surface area contributed by atoms with E-state index in [1.54, 1.807) is 10.6 Å². The molecular weight excluding hydrogens is 520 g/mol. The first kappa shape index (κ1) is 26.5. The molecule has 8 nitrogen and oxygen atoms in total. The number of carbonyl (C=O) groups excluding carboxylic acids is 2. The number of fused-ring (bicyclic) bond motifs is 1. The molecule has 1 aromatic carbocycles. The second-order valence-corrected chi connectivity index (χ2v) is 11.3. The molecule has 0 saturated heterocycles. The van der Waals surface area contributed by atoms with E-state index in [0.717, 1.165) is 47.4 Å². The molecule has 1 aliphatic carbocycles. The smallest absolute Gasteiger partial charge is 0.341 e. The van der Waals surface area contributed by atoms with Gasteiger partial charge in [0.05, 0.1) is 17.4 Å². The van der Waals surface area contributed by atoms with Gasteiger partial charge in [-0.15, -0.1) is 21.5 Å². The number of hydrogen-bond acceptors (Lipinski definition) is 8. The summed E-state index contributed by atoms with van der Waals surface area (Å²) in [6.45, 7) is 5.81. The molecule has 3 aromatic rings. The summed E-state index contributed by atoms with van der Waals surface area (Å²) in [7, 11) is 1.83. The summed E-state index contributed by atoms with van der Waals surface area (Å²) in [5.41, 5.74) is 2.47. The standard InChI is InChI=1S/C25H29ClN4O4S2/c1-14(2)34-24(32)22-17-7-5-6-8-19(17)36-23(22)27-21(31)13-35-25-29-28-20(30(25)4)12-33-18-10-9-16(26)11-15(18)3/h9-11,14H,5-8,12-13H2,1-4H3,(H,27,31). The Bertz CT molecular complexity index is 1270. The van der Waals surface area contributed by atoms with Gasteiger partial charge in [0.2, 0.25) is 5.91 Å². The maximum atomic E-state index is 12.8. The number of benzene rings is 1. The number of esters is 1. The average Bonchev–Trinajstić information content (AvgIpc) is 3.36. The van der Waals surface area contributed by atoms with Crippen molar-refractivity contribution < 1.29 is 19.1 Å². The highest BCUT2D eigenvalue weighted by molar-refractivity contribution is 7.99. The van der Waals surface area contributed by atoms with Crippen LogP contribution in [0.5, 0.6) is 5.75 Å². The predicted octanol–water partition coefficient (Wildman–Crippen LogP) is 5.59. The number of ether oxygens (including phenoxy) is 2. The summed E-state index contributed by atoms with van der Waals surface area (Å²) in [5, 5.41) is 13.2. The van der Waals surface area contributed by atoms with Crippen LogP contribution in [0.15, 0.2) is 23.4 Å². The third kappa shape index (κ3) is 6.22. The Morgan fingerprint density at radius 3 is 2.78 bits per heavy atom. The molecule has 4 rings (SSSR count). The maximum absolute atomic E-state index is 12.8. The van der Waals surface area contributed by atoms with Gasteiger partial charge in [-0.05, 0) is 75.8 Å². The minimum absolute atomic E-state index is 0.129. The topological polar surface area (TPSA) is 95.3 Å². The van der Waals surface area contributed by atoms with Crippen LogP contribution in [0, 0.1) is 6.92 Å². The second kappa shape index (κ2) is 11.7. The maximum Gasteiger partial charge on any atom is 0.341 e. The van der Waals surface area contributed by atoms with Crippen molar-refractivity contribution in [2.24, 2.45) is 7.05 Å². The Morgan fingerprint density at radius 1 is 1.25 bits per heavy atom. The van der Waals surface area contributed by atoms with Crippen molar-refractivity contribution in [3.8, 4) is 5.75 Å². The molecule has 0 unspecified atom stereocenters. The number of halogens is 1. The van der Waals surface area contributed by atoms with Crippen molar-refractivity contribution in [2.75, 3.05) is 11.1 Å². The first-order valence-electron chi connectivity index (χ1n) is 11.8. The number of aromatic nitrogens is 3. The van der Waals surface area contributed by atoms with E-state index in [1.165, 1.54) is 23.1 Å². The molecular formula is C25H29ClN4O4S2. The summed E-state index contributed by atoms with van der Waals surface area (Å²) in [5.74, 6) is 0.902. The van der Waals surface area contributed by atoms with Gasteiger partial charge >= 0.3 is 5.97 Å². The van der Waals surface area contributed by atoms with Crippen LogP contribution in [0.4, 0.5) is 5.00 Å². The van der Waals surface area contributed by atoms with Gasteiger partial charge < -0.3 is 19.4 Å². The predicted molar refractivity (Wildman–Crippen MR) is 142 cm³/mol. The van der Waals surface area contributed by atoms with Gasteiger partial charge in [0, 0.05) is 16.9 Å². The Labute approximate surface area is 223 Å². The molecule has 1 aliphatic rings. The summed E-state index contributed by atoms with van der Waals surface area (Å²) >= 11 is 8.76. The monoisotopic (exact) mass is 548 g/mol. The molecule has 1 N–H and O–H groups in total. The van der Waals surface area contributed by atoms with Crippen molar-refractivity contribution in [2.45, 2.75) is 64.3 Å². The van der Waals surface area contributed by atoms with Gasteiger partial charge in [0.1, 0.15) is 17.4 Å². The molecule has 0 radical (unpaired) electrons. The lowest BCUT2D eigenvalue weighted by Gasteiger charge is -2.14. The number of hydrogen-bond donors (Lipinski definition) is 1. The number of rotatable bonds is 9. The Morgan fingerprint density at radius 2 is 2.03 bits per heavy atom. The van der Waals surface area contributed by atoms with Gasteiger partial charge in [-0.2, -0.15) is 0 Å². The molecule has 0 fully saturated rings. The van der Waals surface area contributed by atoms with E-state index in [2.05, 4.69) is 15.5 Å². The first-order valence-corrected chi connectivity index (χ1v) is 14.0. The minimum atomic E-state index is -0.374. The number of nitrogens with zero attached hydrogens (tertiary/aromatic N) is 3. The van der Waals surface area contributed by atoms with Crippen molar-refractivity contribution in [3.05, 3.63) is 50.6 Å². The van der Waals surface area contributed by atoms with E-state index in [9.17, 15) is 9.59 Å². The van der Waals surface area contributed by atoms with Crippen LogP contribution in [0.1, 0.15) is 58.9 Å². The zero-order valence-corrected chi connectivity index (χ0v) is 23.1. The second-order valence-electron chi connectivity index (χ2n) is 8.86. The molecule has 36 heavy (non-hydrogen) atoms. The van der Waals surface area contributed by atoms with Crippen LogP contribution < -0.4 is 10.1 Å². The summed E-state index contributed by atoms with van der Waals surface area (Å²) in [6.07, 6.45) is 3.65. The van der Waals surface area contributed by atoms with Crippen LogP contribution in [-0.4, -0.2) is 38.5 Å². The summed E-state index contributed by atoms with van der Waals surface area (Å²) in [4.78, 5) is 26.8. The van der Waals surface area contributed by atoms with E-state index >= 15 is 0 Å². The fourth-order valence-electron chi connectivity index (χ4n) is 3.95. The number of anilines is 1. The molecule has 2 heterocycles.